The first kappa shape index (κ1) is 20.7. The molecule has 3 rings (SSSR count). The maximum Gasteiger partial charge on any atom is 0.244 e. The average Bonchev–Trinajstić information content (AvgIpc) is 3.15. The van der Waals surface area contributed by atoms with Crippen molar-refractivity contribution in [2.75, 3.05) is 0 Å². The molecule has 0 N–H and O–H groups in total. The molecule has 0 saturated carbocycles. The van der Waals surface area contributed by atoms with E-state index in [0.717, 1.165) is 27.9 Å². The molecule has 0 fully saturated rings. The summed E-state index contributed by atoms with van der Waals surface area (Å²) >= 11 is 0. The quantitative estimate of drug-likeness (QED) is 0.254. The Balaban J connectivity index is 1.93. The van der Waals surface area contributed by atoms with Gasteiger partial charge >= 0.3 is 0 Å². The molecule has 1 aromatic heterocycles. The second-order valence-corrected chi connectivity index (χ2v) is 5.86. The summed E-state index contributed by atoms with van der Waals surface area (Å²) in [6.45, 7) is -1.73. The fourth-order valence-electron chi connectivity index (χ4n) is 2.57. The van der Waals surface area contributed by atoms with Gasteiger partial charge in [0.15, 0.2) is 46.5 Å². The van der Waals surface area contributed by atoms with Gasteiger partial charge in [0.2, 0.25) is 18.0 Å². The molecule has 0 aliphatic rings. The summed E-state index contributed by atoms with van der Waals surface area (Å²) < 4.78 is 136. The molecule has 0 aliphatic heterocycles. The summed E-state index contributed by atoms with van der Waals surface area (Å²) in [6.07, 6.45) is 2.98. The van der Waals surface area contributed by atoms with Crippen LogP contribution in [0.5, 0.6) is 0 Å². The number of imidazole rings is 1. The van der Waals surface area contributed by atoms with E-state index in [1.807, 2.05) is 0 Å². The molecule has 3 aromatic rings. The summed E-state index contributed by atoms with van der Waals surface area (Å²) in [5, 5.41) is 0. The van der Waals surface area contributed by atoms with Gasteiger partial charge in [0, 0.05) is 0 Å². The highest BCUT2D eigenvalue weighted by Gasteiger charge is 2.28. The Bertz CT molecular complexity index is 978. The van der Waals surface area contributed by atoms with E-state index in [4.69, 9.17) is 0 Å². The highest BCUT2D eigenvalue weighted by molar-refractivity contribution is 5.25. The molecule has 0 aliphatic carbocycles. The first-order valence-electron chi connectivity index (χ1n) is 7.60. The standard InChI is InChI=1S/C17H7F10N2/c18-8-6(9(19)13(23)16(26)12(8)22)3-28-1-2-29(5-28)4-7-10(20)14(24)17(27)15(25)11(7)21/h1-2,5H,3-4H2/q+1. The Morgan fingerprint density at radius 3 is 1.38 bits per heavy atom. The van der Waals surface area contributed by atoms with Gasteiger partial charge in [0.1, 0.15) is 25.5 Å². The molecule has 154 valence electrons. The molecule has 0 atom stereocenters. The van der Waals surface area contributed by atoms with E-state index in [1.165, 1.54) is 0 Å². The van der Waals surface area contributed by atoms with Crippen LogP contribution in [0.2, 0.25) is 0 Å². The Hall–Kier alpha value is -3.05. The van der Waals surface area contributed by atoms with Gasteiger partial charge in [-0.15, -0.1) is 0 Å². The highest BCUT2D eigenvalue weighted by Crippen LogP contribution is 2.24. The van der Waals surface area contributed by atoms with Crippen molar-refractivity contribution in [1.29, 1.82) is 0 Å². The Morgan fingerprint density at radius 1 is 0.552 bits per heavy atom. The van der Waals surface area contributed by atoms with Crippen molar-refractivity contribution in [1.82, 2.24) is 4.57 Å². The van der Waals surface area contributed by atoms with Crippen LogP contribution in [0.25, 0.3) is 0 Å². The topological polar surface area (TPSA) is 8.81 Å². The highest BCUT2D eigenvalue weighted by atomic mass is 19.2. The molecule has 0 amide bonds. The van der Waals surface area contributed by atoms with Gasteiger partial charge in [0.05, 0.1) is 11.1 Å². The summed E-state index contributed by atoms with van der Waals surface area (Å²) in [6, 6.07) is 0. The maximum absolute atomic E-state index is 13.7. The normalized spacial score (nSPS) is 11.4. The van der Waals surface area contributed by atoms with Crippen LogP contribution in [-0.2, 0) is 13.1 Å². The van der Waals surface area contributed by atoms with E-state index in [2.05, 4.69) is 0 Å². The van der Waals surface area contributed by atoms with Gasteiger partial charge in [-0.1, -0.05) is 0 Å². The van der Waals surface area contributed by atoms with Crippen molar-refractivity contribution in [3.63, 3.8) is 0 Å². The number of benzene rings is 2. The summed E-state index contributed by atoms with van der Waals surface area (Å²) in [4.78, 5) is 0. The zero-order chi connectivity index (χ0) is 21.6. The predicted octanol–water partition coefficient (Wildman–Crippen LogP) is 4.26. The molecule has 0 unspecified atom stereocenters. The van der Waals surface area contributed by atoms with Crippen LogP contribution in [0.4, 0.5) is 43.9 Å². The van der Waals surface area contributed by atoms with E-state index < -0.39 is 82.4 Å². The lowest BCUT2D eigenvalue weighted by molar-refractivity contribution is -0.688. The molecule has 12 heteroatoms. The molecule has 1 heterocycles. The number of hydrogen-bond acceptors (Lipinski definition) is 0. The van der Waals surface area contributed by atoms with Crippen LogP contribution in [0.3, 0.4) is 0 Å². The van der Waals surface area contributed by atoms with Crippen LogP contribution in [0.1, 0.15) is 11.1 Å². The molecule has 29 heavy (non-hydrogen) atoms. The summed E-state index contributed by atoms with van der Waals surface area (Å²) in [5.41, 5.74) is -2.36. The lowest BCUT2D eigenvalue weighted by Gasteiger charge is -2.07. The molecular formula is C17H7F10N2+. The predicted molar refractivity (Wildman–Crippen MR) is 75.3 cm³/mol. The third-order valence-electron chi connectivity index (χ3n) is 4.03. The van der Waals surface area contributed by atoms with Crippen molar-refractivity contribution < 1.29 is 48.5 Å². The Labute approximate surface area is 155 Å². The number of nitrogens with zero attached hydrogens (tertiary/aromatic N) is 2. The fraction of sp³-hybridized carbons (Fsp3) is 0.118. The van der Waals surface area contributed by atoms with Crippen LogP contribution in [-0.4, -0.2) is 4.57 Å². The van der Waals surface area contributed by atoms with Crippen molar-refractivity contribution in [2.24, 2.45) is 0 Å². The third-order valence-corrected chi connectivity index (χ3v) is 4.03. The fourth-order valence-corrected chi connectivity index (χ4v) is 2.57. The first-order valence-corrected chi connectivity index (χ1v) is 7.60. The van der Waals surface area contributed by atoms with Crippen LogP contribution < -0.4 is 4.57 Å². The van der Waals surface area contributed by atoms with Crippen molar-refractivity contribution in [2.45, 2.75) is 13.1 Å². The molecule has 0 bridgehead atoms. The minimum atomic E-state index is -2.34. The van der Waals surface area contributed by atoms with Gasteiger partial charge in [-0.2, -0.15) is 0 Å². The Kier molecular flexibility index (Phi) is 5.28. The SMILES string of the molecule is Fc1c(F)c(F)c(Cn2cc[n+](Cc3c(F)c(F)c(F)c(F)c3F)c2)c(F)c1F. The Morgan fingerprint density at radius 2 is 0.931 bits per heavy atom. The summed E-state index contributed by atoms with van der Waals surface area (Å²) in [7, 11) is 0. The minimum absolute atomic E-state index is 0.865. The second kappa shape index (κ2) is 7.41. The lowest BCUT2D eigenvalue weighted by atomic mass is 10.1. The zero-order valence-electron chi connectivity index (χ0n) is 13.8. The van der Waals surface area contributed by atoms with Crippen molar-refractivity contribution in [3.05, 3.63) is 88.0 Å². The van der Waals surface area contributed by atoms with Crippen LogP contribution in [0, 0.1) is 58.2 Å². The van der Waals surface area contributed by atoms with Gasteiger partial charge in [-0.3, -0.25) is 0 Å². The van der Waals surface area contributed by atoms with E-state index in [0.29, 0.717) is 0 Å². The molecule has 0 radical (unpaired) electrons. The number of hydrogen-bond donors (Lipinski definition) is 0. The molecule has 2 aromatic carbocycles. The molecule has 2 nitrogen and oxygen atoms in total. The summed E-state index contributed by atoms with van der Waals surface area (Å²) in [5.74, 6) is -21.6. The van der Waals surface area contributed by atoms with Gasteiger partial charge in [-0.25, -0.2) is 53.0 Å². The molecule has 0 saturated heterocycles. The monoisotopic (exact) mass is 429 g/mol. The maximum atomic E-state index is 13.7. The average molecular weight is 429 g/mol. The minimum Gasteiger partial charge on any atom is -0.232 e. The largest absolute Gasteiger partial charge is 0.244 e. The van der Waals surface area contributed by atoms with E-state index in [1.54, 1.807) is 0 Å². The smallest absolute Gasteiger partial charge is 0.232 e. The van der Waals surface area contributed by atoms with Gasteiger partial charge in [0.25, 0.3) is 0 Å². The van der Waals surface area contributed by atoms with Gasteiger partial charge < -0.3 is 0 Å². The van der Waals surface area contributed by atoms with Crippen LogP contribution in [0.15, 0.2) is 18.7 Å². The molecular weight excluding hydrogens is 422 g/mol. The van der Waals surface area contributed by atoms with E-state index >= 15 is 0 Å². The van der Waals surface area contributed by atoms with Gasteiger partial charge in [-0.05, 0) is 0 Å². The van der Waals surface area contributed by atoms with Crippen LogP contribution >= 0.6 is 0 Å². The second-order valence-electron chi connectivity index (χ2n) is 5.86. The lowest BCUT2D eigenvalue weighted by Crippen LogP contribution is -2.33. The van der Waals surface area contributed by atoms with Crippen molar-refractivity contribution in [3.8, 4) is 0 Å². The molecule has 0 spiro atoms. The third kappa shape index (κ3) is 3.42. The number of rotatable bonds is 4. The van der Waals surface area contributed by atoms with Crippen molar-refractivity contribution >= 4 is 0 Å². The van der Waals surface area contributed by atoms with E-state index in [-0.39, 0.29) is 0 Å². The number of aromatic nitrogens is 2. The first-order chi connectivity index (χ1) is 13.5. The zero-order valence-corrected chi connectivity index (χ0v) is 13.8. The van der Waals surface area contributed by atoms with E-state index in [9.17, 15) is 43.9 Å². The number of halogens is 10.